The molecule has 0 aliphatic carbocycles. The van der Waals surface area contributed by atoms with E-state index in [-0.39, 0.29) is 0 Å². The van der Waals surface area contributed by atoms with E-state index in [0.29, 0.717) is 18.6 Å². The number of rotatable bonds is 2. The van der Waals surface area contributed by atoms with Gasteiger partial charge in [0.2, 0.25) is 0 Å². The fourth-order valence-corrected chi connectivity index (χ4v) is 3.74. The molecule has 1 atom stereocenters. The minimum Gasteiger partial charge on any atom is -0.329 e. The molecule has 2 N–H and O–H groups in total. The first-order valence-electron chi connectivity index (χ1n) is 7.12. The number of hydrogen-bond donors (Lipinski definition) is 1. The average molecular weight is 280 g/mol. The Hall–Kier alpha value is -0.610. The van der Waals surface area contributed by atoms with Gasteiger partial charge in [-0.05, 0) is 50.2 Å². The summed E-state index contributed by atoms with van der Waals surface area (Å²) in [6.45, 7) is 4.01. The van der Waals surface area contributed by atoms with Gasteiger partial charge in [0.05, 0.1) is 0 Å². The predicted octanol–water partition coefficient (Wildman–Crippen LogP) is 2.25. The molecule has 3 nitrogen and oxygen atoms in total. The highest BCUT2D eigenvalue weighted by atomic mass is 35.5. The van der Waals surface area contributed by atoms with Crippen molar-refractivity contribution in [3.8, 4) is 0 Å². The number of fused-ring (bicyclic) bond motifs is 1. The lowest BCUT2D eigenvalue weighted by atomic mass is 10.0. The highest BCUT2D eigenvalue weighted by Crippen LogP contribution is 2.39. The summed E-state index contributed by atoms with van der Waals surface area (Å²) in [5, 5.41) is 0.895. The van der Waals surface area contributed by atoms with Crippen LogP contribution in [0.5, 0.6) is 0 Å². The van der Waals surface area contributed by atoms with Gasteiger partial charge in [0, 0.05) is 30.2 Å². The Balaban J connectivity index is 1.83. The first-order chi connectivity index (χ1) is 9.20. The molecule has 1 fully saturated rings. The predicted molar refractivity (Wildman–Crippen MR) is 79.3 cm³/mol. The molecule has 1 aromatic rings. The lowest BCUT2D eigenvalue weighted by Crippen LogP contribution is -2.44. The fraction of sp³-hybridized carbons (Fsp3) is 0.600. The summed E-state index contributed by atoms with van der Waals surface area (Å²) in [6.07, 6.45) is 2.47. The van der Waals surface area contributed by atoms with Crippen LogP contribution in [0.1, 0.15) is 30.0 Å². The first kappa shape index (κ1) is 13.4. The van der Waals surface area contributed by atoms with Crippen LogP contribution >= 0.6 is 11.6 Å². The second-order valence-corrected chi connectivity index (χ2v) is 6.17. The molecule has 1 saturated heterocycles. The smallest absolute Gasteiger partial charge is 0.0480 e. The van der Waals surface area contributed by atoms with E-state index in [2.05, 4.69) is 22.9 Å². The molecule has 1 aromatic carbocycles. The van der Waals surface area contributed by atoms with Crippen molar-refractivity contribution >= 4 is 11.6 Å². The van der Waals surface area contributed by atoms with Crippen LogP contribution in [0.3, 0.4) is 0 Å². The molecule has 0 spiro atoms. The van der Waals surface area contributed by atoms with E-state index in [1.165, 1.54) is 37.1 Å². The zero-order valence-corrected chi connectivity index (χ0v) is 12.2. The van der Waals surface area contributed by atoms with Gasteiger partial charge in [-0.15, -0.1) is 0 Å². The van der Waals surface area contributed by atoms with Crippen molar-refractivity contribution in [1.82, 2.24) is 9.80 Å². The molecule has 0 saturated carbocycles. The third kappa shape index (κ3) is 2.40. The van der Waals surface area contributed by atoms with Crippen LogP contribution in [-0.2, 0) is 6.54 Å². The fourth-order valence-electron chi connectivity index (χ4n) is 3.50. The Kier molecular flexibility index (Phi) is 3.81. The molecule has 2 heterocycles. The van der Waals surface area contributed by atoms with Crippen molar-refractivity contribution in [3.05, 3.63) is 34.3 Å². The molecular weight excluding hydrogens is 258 g/mol. The van der Waals surface area contributed by atoms with Crippen LogP contribution in [0.4, 0.5) is 0 Å². The lowest BCUT2D eigenvalue weighted by molar-refractivity contribution is 0.0908. The van der Waals surface area contributed by atoms with E-state index in [1.54, 1.807) is 0 Å². The van der Waals surface area contributed by atoms with E-state index in [1.807, 2.05) is 12.1 Å². The van der Waals surface area contributed by atoms with E-state index < -0.39 is 0 Å². The number of piperidine rings is 1. The van der Waals surface area contributed by atoms with Crippen LogP contribution in [0, 0.1) is 0 Å². The maximum absolute atomic E-state index is 6.34. The number of nitrogens with two attached hydrogens (primary N) is 1. The molecule has 0 aromatic heterocycles. The minimum absolute atomic E-state index is 0.349. The molecule has 0 radical (unpaired) electrons. The van der Waals surface area contributed by atoms with E-state index >= 15 is 0 Å². The molecule has 2 aliphatic rings. The van der Waals surface area contributed by atoms with Crippen molar-refractivity contribution in [2.75, 3.05) is 26.7 Å². The molecule has 104 valence electrons. The number of benzene rings is 1. The molecule has 2 aliphatic heterocycles. The summed E-state index contributed by atoms with van der Waals surface area (Å²) in [7, 11) is 2.20. The average Bonchev–Trinajstić information content (AvgIpc) is 2.79. The van der Waals surface area contributed by atoms with Crippen LogP contribution in [0.15, 0.2) is 18.2 Å². The standard InChI is InChI=1S/C15H22ClN3/c1-18-7-5-11(6-8-18)19-10-13-12(15(19)9-17)3-2-4-14(13)16/h2-4,11,15H,5-10,17H2,1H3. The Morgan fingerprint density at radius 3 is 2.74 bits per heavy atom. The summed E-state index contributed by atoms with van der Waals surface area (Å²) in [6, 6.07) is 7.22. The normalized spacial score (nSPS) is 25.7. The molecule has 0 bridgehead atoms. The second-order valence-electron chi connectivity index (χ2n) is 5.77. The molecule has 4 heteroatoms. The number of halogens is 1. The van der Waals surface area contributed by atoms with Gasteiger partial charge in [-0.25, -0.2) is 0 Å². The lowest BCUT2D eigenvalue weighted by Gasteiger charge is -2.38. The quantitative estimate of drug-likeness (QED) is 0.901. The summed E-state index contributed by atoms with van der Waals surface area (Å²) in [5.41, 5.74) is 8.66. The van der Waals surface area contributed by atoms with Gasteiger partial charge in [0.1, 0.15) is 0 Å². The number of hydrogen-bond acceptors (Lipinski definition) is 3. The van der Waals surface area contributed by atoms with Crippen LogP contribution < -0.4 is 5.73 Å². The number of nitrogens with zero attached hydrogens (tertiary/aromatic N) is 2. The summed E-state index contributed by atoms with van der Waals surface area (Å²) in [5.74, 6) is 0. The summed E-state index contributed by atoms with van der Waals surface area (Å²) in [4.78, 5) is 4.98. The van der Waals surface area contributed by atoms with Gasteiger partial charge in [-0.2, -0.15) is 0 Å². The van der Waals surface area contributed by atoms with Crippen molar-refractivity contribution in [1.29, 1.82) is 0 Å². The minimum atomic E-state index is 0.349. The molecule has 1 unspecified atom stereocenters. The zero-order chi connectivity index (χ0) is 13.4. The maximum atomic E-state index is 6.34. The second kappa shape index (κ2) is 5.41. The van der Waals surface area contributed by atoms with Crippen molar-refractivity contribution < 1.29 is 0 Å². The van der Waals surface area contributed by atoms with Crippen molar-refractivity contribution in [3.63, 3.8) is 0 Å². The third-order valence-corrected chi connectivity index (χ3v) is 4.99. The monoisotopic (exact) mass is 279 g/mol. The Morgan fingerprint density at radius 2 is 2.05 bits per heavy atom. The Bertz CT molecular complexity index is 455. The summed E-state index contributed by atoms with van der Waals surface area (Å²) >= 11 is 6.34. The highest BCUT2D eigenvalue weighted by molar-refractivity contribution is 6.31. The molecule has 19 heavy (non-hydrogen) atoms. The van der Waals surface area contributed by atoms with E-state index in [4.69, 9.17) is 17.3 Å². The highest BCUT2D eigenvalue weighted by Gasteiger charge is 2.35. The Morgan fingerprint density at radius 1 is 1.32 bits per heavy atom. The van der Waals surface area contributed by atoms with E-state index in [0.717, 1.165) is 11.6 Å². The zero-order valence-electron chi connectivity index (χ0n) is 11.5. The topological polar surface area (TPSA) is 32.5 Å². The Labute approximate surface area is 120 Å². The van der Waals surface area contributed by atoms with Crippen molar-refractivity contribution in [2.24, 2.45) is 5.73 Å². The SMILES string of the molecule is CN1CCC(N2Cc3c(Cl)cccc3C2CN)CC1. The van der Waals surface area contributed by atoms with Gasteiger partial charge < -0.3 is 10.6 Å². The first-order valence-corrected chi connectivity index (χ1v) is 7.50. The van der Waals surface area contributed by atoms with Crippen LogP contribution in [0.25, 0.3) is 0 Å². The van der Waals surface area contributed by atoms with Gasteiger partial charge in [0.15, 0.2) is 0 Å². The molecular formula is C15H22ClN3. The van der Waals surface area contributed by atoms with E-state index in [9.17, 15) is 0 Å². The largest absolute Gasteiger partial charge is 0.329 e. The molecule has 0 amide bonds. The van der Waals surface area contributed by atoms with Gasteiger partial charge in [0.25, 0.3) is 0 Å². The van der Waals surface area contributed by atoms with Gasteiger partial charge in [-0.1, -0.05) is 23.7 Å². The summed E-state index contributed by atoms with van der Waals surface area (Å²) < 4.78 is 0. The number of likely N-dealkylation sites (tertiary alicyclic amines) is 1. The van der Waals surface area contributed by atoms with Gasteiger partial charge in [-0.3, -0.25) is 4.90 Å². The van der Waals surface area contributed by atoms with Crippen LogP contribution in [-0.4, -0.2) is 42.5 Å². The third-order valence-electron chi connectivity index (χ3n) is 4.64. The van der Waals surface area contributed by atoms with Crippen molar-refractivity contribution in [2.45, 2.75) is 31.5 Å². The maximum Gasteiger partial charge on any atom is 0.0480 e. The van der Waals surface area contributed by atoms with Crippen LogP contribution in [0.2, 0.25) is 5.02 Å². The van der Waals surface area contributed by atoms with Gasteiger partial charge >= 0.3 is 0 Å². The molecule has 3 rings (SSSR count).